The van der Waals surface area contributed by atoms with Crippen molar-refractivity contribution in [2.24, 2.45) is 0 Å². The Bertz CT molecular complexity index is 99.6. The molecule has 5 heteroatoms. The summed E-state index contributed by atoms with van der Waals surface area (Å²) >= 11 is 0. The minimum Gasteiger partial charge on any atom is -0.341 e. The summed E-state index contributed by atoms with van der Waals surface area (Å²) in [6.45, 7) is 0.727. The van der Waals surface area contributed by atoms with Gasteiger partial charge in [0.15, 0.2) is 0 Å². The molecular weight excluding hydrogens is 168 g/mol. The van der Waals surface area contributed by atoms with Gasteiger partial charge in [-0.25, -0.2) is 4.79 Å². The average molecular weight is 180 g/mol. The van der Waals surface area contributed by atoms with Gasteiger partial charge < -0.3 is 10.6 Å². The van der Waals surface area contributed by atoms with Crippen molar-refractivity contribution >= 4 is 27.6 Å². The largest absolute Gasteiger partial charge is 0.341 e. The first kappa shape index (κ1) is 9.97. The highest BCUT2D eigenvalue weighted by atomic mass is 33.1. The van der Waals surface area contributed by atoms with Gasteiger partial charge in [0.1, 0.15) is 0 Å². The number of carbonyl (C=O) groups is 1. The van der Waals surface area contributed by atoms with Crippen LogP contribution in [0.15, 0.2) is 0 Å². The topological polar surface area (TPSA) is 41.1 Å². The fraction of sp³-hybridized carbons (Fsp3) is 0.800. The van der Waals surface area contributed by atoms with E-state index in [-0.39, 0.29) is 6.03 Å². The van der Waals surface area contributed by atoms with Gasteiger partial charge in [0.05, 0.1) is 0 Å². The van der Waals surface area contributed by atoms with Gasteiger partial charge in [0.25, 0.3) is 0 Å². The molecule has 0 aliphatic rings. The number of amides is 2. The molecule has 0 unspecified atom stereocenters. The van der Waals surface area contributed by atoms with E-state index in [1.165, 1.54) is 0 Å². The second kappa shape index (κ2) is 7.08. The summed E-state index contributed by atoms with van der Waals surface area (Å²) in [5.41, 5.74) is 0. The molecule has 0 rings (SSSR count). The lowest BCUT2D eigenvalue weighted by Gasteiger charge is -2.01. The Kier molecular flexibility index (Phi) is 7.06. The molecule has 0 bridgehead atoms. The second-order valence-electron chi connectivity index (χ2n) is 1.49. The first-order chi connectivity index (χ1) is 4.81. The highest BCUT2D eigenvalue weighted by molar-refractivity contribution is 8.76. The van der Waals surface area contributed by atoms with Crippen molar-refractivity contribution < 1.29 is 4.79 Å². The molecule has 3 nitrogen and oxygen atoms in total. The lowest BCUT2D eigenvalue weighted by Crippen LogP contribution is -2.33. The van der Waals surface area contributed by atoms with Gasteiger partial charge in [-0.05, 0) is 6.26 Å². The highest BCUT2D eigenvalue weighted by Crippen LogP contribution is 2.14. The lowest BCUT2D eigenvalue weighted by molar-refractivity contribution is 0.243. The zero-order valence-corrected chi connectivity index (χ0v) is 7.77. The van der Waals surface area contributed by atoms with Crippen LogP contribution in [0.3, 0.4) is 0 Å². The quantitative estimate of drug-likeness (QED) is 0.499. The van der Waals surface area contributed by atoms with Crippen LogP contribution in [0.4, 0.5) is 4.79 Å². The fourth-order valence-corrected chi connectivity index (χ4v) is 1.48. The van der Waals surface area contributed by atoms with Gasteiger partial charge in [-0.3, -0.25) is 0 Å². The Morgan fingerprint density at radius 3 is 2.80 bits per heavy atom. The van der Waals surface area contributed by atoms with Crippen molar-refractivity contribution in [1.82, 2.24) is 10.6 Å². The maximum atomic E-state index is 10.5. The molecule has 2 amide bonds. The predicted molar refractivity (Wildman–Crippen MR) is 48.4 cm³/mol. The maximum absolute atomic E-state index is 10.5. The van der Waals surface area contributed by atoms with Gasteiger partial charge in [-0.2, -0.15) is 0 Å². The first-order valence-electron chi connectivity index (χ1n) is 2.92. The Balaban J connectivity index is 2.96. The van der Waals surface area contributed by atoms with Crippen molar-refractivity contribution in [2.75, 3.05) is 25.6 Å². The van der Waals surface area contributed by atoms with Crippen LogP contribution in [-0.2, 0) is 0 Å². The summed E-state index contributed by atoms with van der Waals surface area (Å²) in [6.07, 6.45) is 2.02. The molecule has 0 fully saturated rings. The number of carbonyl (C=O) groups excluding carboxylic acids is 1. The molecule has 0 saturated carbocycles. The zero-order chi connectivity index (χ0) is 7.82. The van der Waals surface area contributed by atoms with Crippen LogP contribution >= 0.6 is 21.6 Å². The van der Waals surface area contributed by atoms with Gasteiger partial charge in [0.2, 0.25) is 0 Å². The van der Waals surface area contributed by atoms with Crippen molar-refractivity contribution in [3.63, 3.8) is 0 Å². The van der Waals surface area contributed by atoms with Crippen molar-refractivity contribution in [2.45, 2.75) is 0 Å². The third kappa shape index (κ3) is 6.10. The molecule has 0 spiro atoms. The second-order valence-corrected chi connectivity index (χ2v) is 4.18. The van der Waals surface area contributed by atoms with Crippen LogP contribution in [0.5, 0.6) is 0 Å². The monoisotopic (exact) mass is 180 g/mol. The fourth-order valence-electron chi connectivity index (χ4n) is 0.378. The Hall–Kier alpha value is -0.0300. The third-order valence-electron chi connectivity index (χ3n) is 0.816. The van der Waals surface area contributed by atoms with E-state index in [9.17, 15) is 4.79 Å². The molecule has 10 heavy (non-hydrogen) atoms. The third-order valence-corrected chi connectivity index (χ3v) is 2.63. The minimum atomic E-state index is -0.110. The molecule has 0 aromatic rings. The molecule has 0 aliphatic heterocycles. The van der Waals surface area contributed by atoms with E-state index < -0.39 is 0 Å². The Labute approximate surface area is 69.1 Å². The molecule has 0 aromatic carbocycles. The summed E-state index contributed by atoms with van der Waals surface area (Å²) in [4.78, 5) is 10.5. The predicted octanol–water partition coefficient (Wildman–Crippen LogP) is 0.927. The molecule has 0 saturated heterocycles. The summed E-state index contributed by atoms with van der Waals surface area (Å²) < 4.78 is 0. The van der Waals surface area contributed by atoms with Gasteiger partial charge >= 0.3 is 6.03 Å². The van der Waals surface area contributed by atoms with Crippen molar-refractivity contribution in [1.29, 1.82) is 0 Å². The van der Waals surface area contributed by atoms with Gasteiger partial charge in [0, 0.05) is 19.3 Å². The van der Waals surface area contributed by atoms with E-state index >= 15 is 0 Å². The number of rotatable bonds is 4. The summed E-state index contributed by atoms with van der Waals surface area (Å²) in [6, 6.07) is -0.110. The smallest absolute Gasteiger partial charge is 0.314 e. The number of hydrogen-bond acceptors (Lipinski definition) is 3. The number of nitrogens with one attached hydrogen (secondary N) is 2. The van der Waals surface area contributed by atoms with Crippen LogP contribution in [0.1, 0.15) is 0 Å². The van der Waals surface area contributed by atoms with Crippen LogP contribution < -0.4 is 10.6 Å². The number of hydrogen-bond donors (Lipinski definition) is 2. The molecule has 0 heterocycles. The maximum Gasteiger partial charge on any atom is 0.314 e. The first-order valence-corrected chi connectivity index (χ1v) is 5.65. The van der Waals surface area contributed by atoms with E-state index in [0.717, 1.165) is 12.3 Å². The Morgan fingerprint density at radius 1 is 1.60 bits per heavy atom. The summed E-state index contributed by atoms with van der Waals surface area (Å²) in [7, 11) is 5.05. The number of urea groups is 1. The van der Waals surface area contributed by atoms with Crippen molar-refractivity contribution in [3.05, 3.63) is 0 Å². The molecule has 0 aromatic heterocycles. The van der Waals surface area contributed by atoms with Gasteiger partial charge in [-0.1, -0.05) is 21.6 Å². The van der Waals surface area contributed by atoms with Crippen LogP contribution in [0.2, 0.25) is 0 Å². The highest BCUT2D eigenvalue weighted by Gasteiger charge is 1.92. The normalized spacial score (nSPS) is 9.00. The van der Waals surface area contributed by atoms with Crippen LogP contribution in [0, 0.1) is 0 Å². The van der Waals surface area contributed by atoms with Crippen molar-refractivity contribution in [3.8, 4) is 0 Å². The minimum absolute atomic E-state index is 0.110. The van der Waals surface area contributed by atoms with Gasteiger partial charge in [-0.15, -0.1) is 0 Å². The molecule has 2 N–H and O–H groups in total. The standard InChI is InChI=1S/C5H12N2OS2/c1-6-5(8)7-3-4-10-9-2/h3-4H2,1-2H3,(H2,6,7,8). The molecule has 0 aliphatic carbocycles. The SMILES string of the molecule is CNC(=O)NCCSSC. The summed E-state index contributed by atoms with van der Waals surface area (Å²) in [5.74, 6) is 0.953. The molecular formula is C5H12N2OS2. The van der Waals surface area contributed by atoms with Crippen LogP contribution in [0.25, 0.3) is 0 Å². The van der Waals surface area contributed by atoms with Crippen LogP contribution in [-0.4, -0.2) is 31.6 Å². The molecule has 0 radical (unpaired) electrons. The molecule has 60 valence electrons. The average Bonchev–Trinajstić information content (AvgIpc) is 1.98. The van der Waals surface area contributed by atoms with E-state index in [4.69, 9.17) is 0 Å². The summed E-state index contributed by atoms with van der Waals surface area (Å²) in [5, 5.41) is 5.16. The Morgan fingerprint density at radius 2 is 2.30 bits per heavy atom. The van der Waals surface area contributed by atoms with E-state index in [2.05, 4.69) is 10.6 Å². The zero-order valence-electron chi connectivity index (χ0n) is 6.14. The van der Waals surface area contributed by atoms with E-state index in [1.54, 1.807) is 28.6 Å². The van der Waals surface area contributed by atoms with E-state index in [0.29, 0.717) is 0 Å². The van der Waals surface area contributed by atoms with E-state index in [1.807, 2.05) is 6.26 Å². The lowest BCUT2D eigenvalue weighted by atomic mass is 10.7. The molecule has 0 atom stereocenters.